The van der Waals surface area contributed by atoms with Crippen molar-refractivity contribution < 1.29 is 193 Å². The van der Waals surface area contributed by atoms with E-state index in [1.807, 2.05) is 30.3 Å². The molecule has 35 atom stereocenters. The summed E-state index contributed by atoms with van der Waals surface area (Å²) in [6, 6.07) is 16.1. The molecule has 2 aromatic rings. The van der Waals surface area contributed by atoms with E-state index in [1.165, 1.54) is 0 Å². The number of guanidine groups is 1. The van der Waals surface area contributed by atoms with Crippen LogP contribution in [-0.2, 0) is 82.5 Å². The lowest BCUT2D eigenvalue weighted by Crippen LogP contribution is -2.68. The lowest BCUT2D eigenvalue weighted by atomic mass is 9.82. The number of hydrogen-bond acceptors (Lipinski definition) is 40. The van der Waals surface area contributed by atoms with E-state index in [0.29, 0.717) is 25.3 Å². The minimum Gasteiger partial charge on any atom is -0.457 e. The van der Waals surface area contributed by atoms with Crippen LogP contribution in [0.5, 0.6) is 5.75 Å². The number of nitrogens with two attached hydrogens (primary N) is 2. The summed E-state index contributed by atoms with van der Waals surface area (Å²) in [4.78, 5) is 29.2. The van der Waals surface area contributed by atoms with Crippen LogP contribution < -0.4 is 16.2 Å². The number of rotatable bonds is 14. The first kappa shape index (κ1) is 84.7. The van der Waals surface area contributed by atoms with E-state index >= 15 is 0 Å². The van der Waals surface area contributed by atoms with Gasteiger partial charge in [-0.1, -0.05) is 42.5 Å². The third kappa shape index (κ3) is 19.1. The maximum atomic E-state index is 12.7. The topological polar surface area (TPSA) is 671 Å². The Labute approximate surface area is 608 Å². The molecule has 0 amide bonds. The van der Waals surface area contributed by atoms with Crippen molar-refractivity contribution in [1.29, 1.82) is 0 Å². The van der Waals surface area contributed by atoms with Gasteiger partial charge >= 0.3 is 11.9 Å². The number of para-hydroxylation sites is 1. The van der Waals surface area contributed by atoms with Crippen molar-refractivity contribution in [3.05, 3.63) is 65.7 Å². The SMILES string of the molecule is NC(N)=NCC1CCC(C(=O)Oc2ccccc2C(=O)OCc2ccccc2)CC1.OC[C@H]1O[C@@H]2O[C@H]3[C@H](O)[C@@H](O)[C@@H](O[C@H]4[C@H](O)[C@@H](O)[C@@H](O[C@H]5[C@H](O)[C@@H](O)[C@@H](O[C@H]6[C@H](O)[C@@H](O)[C@@H](O[C@H]7[C@H](O)[C@@H](O)[C@@H](O[C@H]8[C@H](O)[C@@H](O)[C@@H](O[C@H]1[C@H](O)[C@H]2O)O[C@@H]8CO)O[C@@H]7CO)O[C@@H]6CO)O[C@@H]5CO)O[C@@H]4CO)O[C@@H]3CO. The molecule has 21 saturated heterocycles. The highest BCUT2D eigenvalue weighted by Crippen LogP contribution is 2.40. The summed E-state index contributed by atoms with van der Waals surface area (Å²) < 4.78 is 90.4. The summed E-state index contributed by atoms with van der Waals surface area (Å²) in [5.74, 6) is -0.359. The number of aliphatic hydroxyl groups excluding tert-OH is 21. The Morgan fingerprint density at radius 3 is 0.879 bits per heavy atom. The standard InChI is InChI=1S/C42H70O35.C23H27N3O4/c43-1-8-29-15(50)22(57)36(64-8)72-30-9(2-44)66-38(24(59)17(30)52)74-32-11(4-46)68-40(26(61)19(32)54)76-34-13(6-48)70-42(28(63)21(34)56)77-35-14(7-49)69-41(27(62)20(35)55)75-33-12(5-47)67-39(25(60)18(33)53)73-31-10(3-45)65-37(71-29)23(58)16(31)51;24-23(25)26-14-16-10-12-18(13-11-16)21(27)30-20-9-5-4-8-19(20)22(28)29-15-17-6-2-1-3-7-17/h8-63H,1-7H2;1-9,16,18H,10-15H2,(H4,24,25,26)/t8-,9-,10-,11-,12-,13-,14-,15-,16-,17-,18-,19-,20-,21-,22-,23-,24-,25-,26-,27-,28-,29-,30-,31-,32-,33-,34-,35-,36-,37-,38-,39-,40-,41-,42-;/m1./s1. The molecule has 42 nitrogen and oxygen atoms in total. The fourth-order valence-electron chi connectivity index (χ4n) is 13.9. The van der Waals surface area contributed by atoms with Crippen LogP contribution in [-0.4, -0.2) is 393 Å². The van der Waals surface area contributed by atoms with Crippen molar-refractivity contribution in [3.63, 3.8) is 0 Å². The average molecular weight is 1540 g/mol. The van der Waals surface area contributed by atoms with Crippen molar-refractivity contribution in [2.75, 3.05) is 52.8 Å². The van der Waals surface area contributed by atoms with Gasteiger partial charge in [0.25, 0.3) is 0 Å². The largest absolute Gasteiger partial charge is 0.457 e. The van der Waals surface area contributed by atoms with E-state index in [0.717, 1.165) is 18.4 Å². The van der Waals surface area contributed by atoms with Crippen molar-refractivity contribution in [3.8, 4) is 5.75 Å². The molecule has 42 heteroatoms. The summed E-state index contributed by atoms with van der Waals surface area (Å²) in [6.45, 7) is -6.59. The molecule has 21 heterocycles. The molecule has 0 aromatic heterocycles. The molecule has 21 aliphatic heterocycles. The number of nitrogens with zero attached hydrogens (tertiary/aromatic N) is 1. The van der Waals surface area contributed by atoms with Crippen LogP contribution in [0.15, 0.2) is 59.6 Å². The van der Waals surface area contributed by atoms with Gasteiger partial charge in [-0.15, -0.1) is 0 Å². The molecule has 25 N–H and O–H groups in total. The summed E-state index contributed by atoms with van der Waals surface area (Å²) in [5, 5.41) is 230. The van der Waals surface area contributed by atoms with Crippen LogP contribution in [0.3, 0.4) is 0 Å². The van der Waals surface area contributed by atoms with Crippen molar-refractivity contribution in [1.82, 2.24) is 0 Å². The summed E-state index contributed by atoms with van der Waals surface area (Å²) in [5.41, 5.74) is 11.9. The Balaban J connectivity index is 0.000000339. The maximum Gasteiger partial charge on any atom is 0.342 e. The summed E-state index contributed by atoms with van der Waals surface area (Å²) in [7, 11) is 0. The zero-order valence-corrected chi connectivity index (χ0v) is 57.1. The molecule has 22 aliphatic rings. The zero-order valence-electron chi connectivity index (χ0n) is 57.1. The van der Waals surface area contributed by atoms with Crippen LogP contribution in [0.2, 0.25) is 0 Å². The van der Waals surface area contributed by atoms with Crippen LogP contribution >= 0.6 is 0 Å². The minimum absolute atomic E-state index is 0.0901. The van der Waals surface area contributed by atoms with Gasteiger partial charge < -0.3 is 194 Å². The molecule has 107 heavy (non-hydrogen) atoms. The molecular formula is C65H97N3O39. The molecule has 14 bridgehead atoms. The van der Waals surface area contributed by atoms with Gasteiger partial charge in [0.15, 0.2) is 50.0 Å². The molecule has 1 saturated carbocycles. The molecule has 606 valence electrons. The Kier molecular flexibility index (Phi) is 30.2. The molecular weight excluding hydrogens is 1450 g/mol. The highest BCUT2D eigenvalue weighted by molar-refractivity contribution is 5.93. The number of aliphatic hydroxyl groups is 21. The van der Waals surface area contributed by atoms with Crippen LogP contribution in [0, 0.1) is 11.8 Å². The van der Waals surface area contributed by atoms with E-state index in [1.54, 1.807) is 24.3 Å². The lowest BCUT2D eigenvalue weighted by molar-refractivity contribution is -0.396. The molecule has 0 radical (unpaired) electrons. The zero-order chi connectivity index (χ0) is 77.4. The lowest BCUT2D eigenvalue weighted by Gasteiger charge is -2.50. The maximum absolute atomic E-state index is 12.7. The van der Waals surface area contributed by atoms with Crippen molar-refractivity contribution in [2.24, 2.45) is 28.3 Å². The second-order valence-electron chi connectivity index (χ2n) is 27.1. The number of carbonyl (C=O) groups is 2. The molecule has 2 aromatic carbocycles. The van der Waals surface area contributed by atoms with E-state index in [-0.39, 0.29) is 35.8 Å². The first-order valence-corrected chi connectivity index (χ1v) is 34.7. The van der Waals surface area contributed by atoms with Gasteiger partial charge in [0.05, 0.1) is 52.2 Å². The monoisotopic (exact) mass is 1540 g/mol. The van der Waals surface area contributed by atoms with E-state index in [9.17, 15) is 117 Å². The molecule has 0 unspecified atom stereocenters. The fraction of sp³-hybridized carbons (Fsp3) is 0.769. The first-order valence-electron chi connectivity index (χ1n) is 34.7. The Morgan fingerprint density at radius 2 is 0.617 bits per heavy atom. The number of esters is 2. The smallest absolute Gasteiger partial charge is 0.342 e. The average Bonchev–Trinajstić information content (AvgIpc) is 0.790. The van der Waals surface area contributed by atoms with E-state index in [2.05, 4.69) is 4.99 Å². The van der Waals surface area contributed by atoms with Gasteiger partial charge in [-0.2, -0.15) is 0 Å². The first-order chi connectivity index (χ1) is 51.2. The van der Waals surface area contributed by atoms with Gasteiger partial charge in [-0.3, -0.25) is 9.79 Å². The predicted octanol–water partition coefficient (Wildman–Crippen LogP) is -12.2. The molecule has 24 rings (SSSR count). The van der Waals surface area contributed by atoms with E-state index < -0.39 is 267 Å². The van der Waals surface area contributed by atoms with Crippen molar-refractivity contribution >= 4 is 17.9 Å². The van der Waals surface area contributed by atoms with Gasteiger partial charge in [-0.05, 0) is 49.3 Å². The van der Waals surface area contributed by atoms with Crippen LogP contribution in [0.25, 0.3) is 0 Å². The highest BCUT2D eigenvalue weighted by atomic mass is 16.8. The second-order valence-corrected chi connectivity index (χ2v) is 27.1. The Morgan fingerprint density at radius 1 is 0.355 bits per heavy atom. The molecule has 22 fully saturated rings. The third-order valence-electron chi connectivity index (χ3n) is 20.0. The summed E-state index contributed by atoms with van der Waals surface area (Å²) >= 11 is 0. The highest BCUT2D eigenvalue weighted by Gasteiger charge is 2.60. The predicted molar refractivity (Wildman–Crippen MR) is 342 cm³/mol. The Hall–Kier alpha value is -4.75. The van der Waals surface area contributed by atoms with Crippen LogP contribution in [0.1, 0.15) is 41.6 Å². The van der Waals surface area contributed by atoms with E-state index in [4.69, 9.17) is 87.3 Å². The van der Waals surface area contributed by atoms with Gasteiger partial charge in [0.2, 0.25) is 0 Å². The second kappa shape index (κ2) is 38.2. The fourth-order valence-corrected chi connectivity index (χ4v) is 13.9. The quantitative estimate of drug-likeness (QED) is 0.0361. The number of benzene rings is 2. The van der Waals surface area contributed by atoms with Gasteiger partial charge in [-0.25, -0.2) is 4.79 Å². The number of aliphatic imine (C=N–C) groups is 1. The molecule has 1 aliphatic carbocycles. The van der Waals surface area contributed by atoms with Crippen molar-refractivity contribution in [2.45, 2.75) is 247 Å². The number of carbonyl (C=O) groups excluding carboxylic acids is 2. The summed E-state index contributed by atoms with van der Waals surface area (Å²) in [6.07, 6.45) is -67.1. The normalized spacial score (nSPS) is 45.0. The van der Waals surface area contributed by atoms with Gasteiger partial charge in [0, 0.05) is 6.54 Å². The minimum atomic E-state index is -2.21. The third-order valence-corrected chi connectivity index (χ3v) is 20.0. The van der Waals surface area contributed by atoms with Crippen LogP contribution in [0.4, 0.5) is 0 Å². The number of ether oxygens (including phenoxy) is 16. The molecule has 0 spiro atoms. The number of hydrogen-bond donors (Lipinski definition) is 23. The Bertz CT molecular complexity index is 2750. The van der Waals surface area contributed by atoms with Gasteiger partial charge in [0.1, 0.15) is 189 Å².